The maximum atomic E-state index is 12.6. The van der Waals surface area contributed by atoms with E-state index in [1.165, 1.54) is 12.8 Å². The molecule has 3 nitrogen and oxygen atoms in total. The van der Waals surface area contributed by atoms with E-state index in [2.05, 4.69) is 20.9 Å². The van der Waals surface area contributed by atoms with Crippen LogP contribution < -0.4 is 0 Å². The summed E-state index contributed by atoms with van der Waals surface area (Å²) in [5.41, 5.74) is 1.56. The molecule has 2 unspecified atom stereocenters. The van der Waals surface area contributed by atoms with E-state index in [4.69, 9.17) is 11.6 Å². The van der Waals surface area contributed by atoms with Gasteiger partial charge >= 0.3 is 0 Å². The Morgan fingerprint density at radius 3 is 3.00 bits per heavy atom. The largest absolute Gasteiger partial charge is 0.350 e. The number of H-pyrrole nitrogens is 1. The Morgan fingerprint density at radius 1 is 1.35 bits per heavy atom. The van der Waals surface area contributed by atoms with Crippen LogP contribution in [0.3, 0.4) is 0 Å². The molecule has 1 aromatic carbocycles. The second-order valence-electron chi connectivity index (χ2n) is 5.75. The lowest BCUT2D eigenvalue weighted by Gasteiger charge is -2.44. The summed E-state index contributed by atoms with van der Waals surface area (Å²) in [4.78, 5) is 17.8. The molecule has 1 amide bonds. The van der Waals surface area contributed by atoms with Gasteiger partial charge in [-0.3, -0.25) is 4.79 Å². The number of benzene rings is 1. The normalized spacial score (nSPS) is 24.8. The van der Waals surface area contributed by atoms with Crippen molar-refractivity contribution in [1.29, 1.82) is 0 Å². The molecule has 1 N–H and O–H groups in total. The summed E-state index contributed by atoms with van der Waals surface area (Å²) < 4.78 is 0.914. The van der Waals surface area contributed by atoms with Gasteiger partial charge in [0.1, 0.15) is 5.69 Å². The summed E-state index contributed by atoms with van der Waals surface area (Å²) >= 11 is 9.54. The van der Waals surface area contributed by atoms with Crippen molar-refractivity contribution in [2.45, 2.75) is 25.3 Å². The van der Waals surface area contributed by atoms with Crippen LogP contribution in [0, 0.1) is 5.92 Å². The quantitative estimate of drug-likeness (QED) is 0.819. The van der Waals surface area contributed by atoms with E-state index in [1.807, 2.05) is 23.1 Å². The number of aromatic amines is 1. The zero-order valence-electron chi connectivity index (χ0n) is 10.8. The molecule has 0 spiro atoms. The maximum absolute atomic E-state index is 12.6. The van der Waals surface area contributed by atoms with Gasteiger partial charge in [0.2, 0.25) is 0 Å². The minimum Gasteiger partial charge on any atom is -0.350 e. The number of carbonyl (C=O) groups excluding carboxylic acids is 1. The van der Waals surface area contributed by atoms with Crippen LogP contribution in [0.15, 0.2) is 22.7 Å². The van der Waals surface area contributed by atoms with Crippen LogP contribution in [-0.2, 0) is 0 Å². The Bertz CT molecular complexity index is 711. The van der Waals surface area contributed by atoms with Gasteiger partial charge in [-0.1, -0.05) is 34.0 Å². The molecule has 2 heterocycles. The average Bonchev–Trinajstić information content (AvgIpc) is 2.94. The van der Waals surface area contributed by atoms with E-state index in [0.717, 1.165) is 34.3 Å². The number of fused-ring (bicyclic) bond motifs is 2. The number of nitrogens with zero attached hydrogens (tertiary/aromatic N) is 1. The predicted molar refractivity (Wildman–Crippen MR) is 83.2 cm³/mol. The molecule has 1 aliphatic carbocycles. The van der Waals surface area contributed by atoms with Crippen LogP contribution in [0.2, 0.25) is 5.02 Å². The minimum absolute atomic E-state index is 0.118. The number of amides is 1. The fourth-order valence-electron chi connectivity index (χ4n) is 3.55. The molecule has 2 fully saturated rings. The molecule has 104 valence electrons. The molecule has 2 aromatic rings. The number of hydrogen-bond acceptors (Lipinski definition) is 1. The van der Waals surface area contributed by atoms with Crippen molar-refractivity contribution in [1.82, 2.24) is 9.88 Å². The number of nitrogens with one attached hydrogen (secondary N) is 1. The molecular formula is C15H14BrClN2O. The van der Waals surface area contributed by atoms with E-state index in [-0.39, 0.29) is 5.91 Å². The van der Waals surface area contributed by atoms with Crippen molar-refractivity contribution in [3.05, 3.63) is 33.4 Å². The summed E-state index contributed by atoms with van der Waals surface area (Å²) in [6, 6.07) is 6.09. The van der Waals surface area contributed by atoms with Crippen LogP contribution in [0.5, 0.6) is 0 Å². The van der Waals surface area contributed by atoms with Crippen molar-refractivity contribution in [3.63, 3.8) is 0 Å². The molecule has 1 aliphatic heterocycles. The summed E-state index contributed by atoms with van der Waals surface area (Å²) in [7, 11) is 0. The Morgan fingerprint density at radius 2 is 2.20 bits per heavy atom. The molecule has 2 atom stereocenters. The lowest BCUT2D eigenvalue weighted by molar-refractivity contribution is 0.0264. The monoisotopic (exact) mass is 352 g/mol. The molecule has 0 radical (unpaired) electrons. The van der Waals surface area contributed by atoms with Crippen LogP contribution in [0.25, 0.3) is 10.9 Å². The Labute approximate surface area is 130 Å². The molecule has 0 bridgehead atoms. The van der Waals surface area contributed by atoms with Crippen LogP contribution in [0.4, 0.5) is 0 Å². The van der Waals surface area contributed by atoms with Crippen molar-refractivity contribution < 1.29 is 4.79 Å². The number of rotatable bonds is 1. The Hall–Kier alpha value is -1.00. The predicted octanol–water partition coefficient (Wildman–Crippen LogP) is 4.21. The highest BCUT2D eigenvalue weighted by atomic mass is 79.9. The topological polar surface area (TPSA) is 36.1 Å². The highest BCUT2D eigenvalue weighted by Crippen LogP contribution is 2.40. The van der Waals surface area contributed by atoms with Gasteiger partial charge in [-0.2, -0.15) is 0 Å². The van der Waals surface area contributed by atoms with Gasteiger partial charge in [0.05, 0.1) is 0 Å². The molecule has 5 heteroatoms. The number of halogens is 2. The highest BCUT2D eigenvalue weighted by molar-refractivity contribution is 9.10. The summed E-state index contributed by atoms with van der Waals surface area (Å²) in [5, 5.41) is 1.66. The van der Waals surface area contributed by atoms with Gasteiger partial charge in [-0.05, 0) is 37.0 Å². The first-order valence-corrected chi connectivity index (χ1v) is 8.09. The highest BCUT2D eigenvalue weighted by Gasteiger charge is 2.44. The molecule has 1 aromatic heterocycles. The Kier molecular flexibility index (Phi) is 2.86. The molecule has 20 heavy (non-hydrogen) atoms. The summed E-state index contributed by atoms with van der Waals surface area (Å²) in [5.74, 6) is 0.858. The molecule has 4 rings (SSSR count). The van der Waals surface area contributed by atoms with E-state index >= 15 is 0 Å². The van der Waals surface area contributed by atoms with Gasteiger partial charge in [0.15, 0.2) is 0 Å². The Balaban J connectivity index is 1.68. The first-order valence-electron chi connectivity index (χ1n) is 6.92. The van der Waals surface area contributed by atoms with Gasteiger partial charge in [0, 0.05) is 33.0 Å². The van der Waals surface area contributed by atoms with Gasteiger partial charge in [0.25, 0.3) is 5.91 Å². The smallest absolute Gasteiger partial charge is 0.270 e. The van der Waals surface area contributed by atoms with E-state index in [1.54, 1.807) is 0 Å². The minimum atomic E-state index is 0.118. The molecular weight excluding hydrogens is 340 g/mol. The third kappa shape index (κ3) is 1.81. The third-order valence-electron chi connectivity index (χ3n) is 4.59. The third-order valence-corrected chi connectivity index (χ3v) is 5.47. The number of hydrogen-bond donors (Lipinski definition) is 1. The second kappa shape index (κ2) is 4.50. The summed E-state index contributed by atoms with van der Waals surface area (Å²) in [6.07, 6.45) is 3.70. The zero-order chi connectivity index (χ0) is 13.9. The molecule has 1 saturated carbocycles. The zero-order valence-corrected chi connectivity index (χ0v) is 13.2. The fourth-order valence-corrected chi connectivity index (χ4v) is 4.48. The molecule has 2 aliphatic rings. The lowest BCUT2D eigenvalue weighted by atomic mass is 9.91. The van der Waals surface area contributed by atoms with Crippen LogP contribution in [0.1, 0.15) is 29.8 Å². The average molecular weight is 354 g/mol. The SMILES string of the molecule is O=C(c1cc2c(Br)cc(Cl)cc2[nH]1)N1CC2CCCC21. The van der Waals surface area contributed by atoms with Gasteiger partial charge < -0.3 is 9.88 Å². The van der Waals surface area contributed by atoms with Crippen molar-refractivity contribution in [3.8, 4) is 0 Å². The van der Waals surface area contributed by atoms with Gasteiger partial charge in [-0.25, -0.2) is 0 Å². The van der Waals surface area contributed by atoms with Crippen LogP contribution >= 0.6 is 27.5 Å². The van der Waals surface area contributed by atoms with Gasteiger partial charge in [-0.15, -0.1) is 0 Å². The first kappa shape index (κ1) is 12.7. The molecule has 1 saturated heterocycles. The van der Waals surface area contributed by atoms with E-state index in [0.29, 0.717) is 16.8 Å². The van der Waals surface area contributed by atoms with Crippen LogP contribution in [-0.4, -0.2) is 28.4 Å². The second-order valence-corrected chi connectivity index (χ2v) is 7.04. The van der Waals surface area contributed by atoms with Crippen molar-refractivity contribution in [2.24, 2.45) is 5.92 Å². The van der Waals surface area contributed by atoms with Crippen molar-refractivity contribution >= 4 is 44.3 Å². The number of likely N-dealkylation sites (tertiary alicyclic amines) is 1. The summed E-state index contributed by atoms with van der Waals surface area (Å²) in [6.45, 7) is 0.917. The maximum Gasteiger partial charge on any atom is 0.270 e. The fraction of sp³-hybridized carbons (Fsp3) is 0.400. The van der Waals surface area contributed by atoms with E-state index in [9.17, 15) is 4.79 Å². The first-order chi connectivity index (χ1) is 9.63. The number of aromatic nitrogens is 1. The van der Waals surface area contributed by atoms with Crippen molar-refractivity contribution in [2.75, 3.05) is 6.54 Å². The standard InChI is InChI=1S/C15H14BrClN2O/c16-11-4-9(17)5-12-10(11)6-13(18-12)15(20)19-7-8-2-1-3-14(8)19/h4-6,8,14,18H,1-3,7H2. The van der Waals surface area contributed by atoms with E-state index < -0.39 is 0 Å². The lowest BCUT2D eigenvalue weighted by Crippen LogP contribution is -2.56. The number of carbonyl (C=O) groups is 1.